The fourth-order valence-electron chi connectivity index (χ4n) is 3.63. The third-order valence-corrected chi connectivity index (χ3v) is 5.49. The van der Waals surface area contributed by atoms with Crippen LogP contribution in [-0.4, -0.2) is 48.6 Å². The van der Waals surface area contributed by atoms with Gasteiger partial charge in [-0.2, -0.15) is 0 Å². The average molecular weight is 382 g/mol. The number of aromatic nitrogens is 1. The minimum Gasteiger partial charge on any atom is -0.379 e. The number of nitrogens with zero attached hydrogens (tertiary/aromatic N) is 2. The van der Waals surface area contributed by atoms with Crippen LogP contribution in [0.1, 0.15) is 41.1 Å². The lowest BCUT2D eigenvalue weighted by atomic mass is 10.0. The van der Waals surface area contributed by atoms with E-state index >= 15 is 0 Å². The Morgan fingerprint density at radius 1 is 1.21 bits per heavy atom. The first-order valence-corrected chi connectivity index (χ1v) is 10.2. The molecule has 1 aromatic heterocycles. The molecule has 0 saturated carbocycles. The predicted octanol–water partition coefficient (Wildman–Crippen LogP) is 3.21. The molecule has 1 unspecified atom stereocenters. The topological polar surface area (TPSA) is 54.5 Å². The molecule has 5 nitrogen and oxygen atoms in total. The summed E-state index contributed by atoms with van der Waals surface area (Å²) in [5, 5.41) is 3.14. The fourth-order valence-corrected chi connectivity index (χ4v) is 3.63. The number of aryl methyl sites for hydroxylation is 3. The second-order valence-corrected chi connectivity index (χ2v) is 7.53. The Morgan fingerprint density at radius 3 is 2.75 bits per heavy atom. The SMILES string of the molecule is Cc1ccc(CCCC(=O)NCC(c2cccnc2)N2CCOCC2)cc1C. The highest BCUT2D eigenvalue weighted by Crippen LogP contribution is 2.20. The second kappa shape index (κ2) is 10.3. The molecule has 0 bridgehead atoms. The Kier molecular flexibility index (Phi) is 7.57. The molecule has 1 atom stereocenters. The third-order valence-electron chi connectivity index (χ3n) is 5.49. The summed E-state index contributed by atoms with van der Waals surface area (Å²) in [4.78, 5) is 19.0. The minimum absolute atomic E-state index is 0.117. The number of ether oxygens (including phenoxy) is 1. The zero-order valence-corrected chi connectivity index (χ0v) is 17.0. The van der Waals surface area contributed by atoms with Crippen LogP contribution in [0, 0.1) is 13.8 Å². The van der Waals surface area contributed by atoms with Crippen LogP contribution in [0.25, 0.3) is 0 Å². The van der Waals surface area contributed by atoms with Crippen LogP contribution in [0.4, 0.5) is 0 Å². The lowest BCUT2D eigenvalue weighted by molar-refractivity contribution is -0.121. The standard InChI is InChI=1S/C23H31N3O2/c1-18-8-9-20(15-19(18)2)5-3-7-23(27)25-17-22(21-6-4-10-24-16-21)26-11-13-28-14-12-26/h4,6,8-10,15-16,22H,3,5,7,11-14,17H2,1-2H3,(H,25,27). The number of morpholine rings is 1. The van der Waals surface area contributed by atoms with Gasteiger partial charge in [-0.1, -0.05) is 24.3 Å². The van der Waals surface area contributed by atoms with Gasteiger partial charge >= 0.3 is 0 Å². The highest BCUT2D eigenvalue weighted by molar-refractivity contribution is 5.75. The monoisotopic (exact) mass is 381 g/mol. The maximum atomic E-state index is 12.4. The molecule has 150 valence electrons. The first-order valence-electron chi connectivity index (χ1n) is 10.2. The molecule has 1 aromatic carbocycles. The molecule has 0 radical (unpaired) electrons. The van der Waals surface area contributed by atoms with E-state index in [1.807, 2.05) is 12.3 Å². The Labute approximate surface area is 168 Å². The van der Waals surface area contributed by atoms with E-state index in [4.69, 9.17) is 4.74 Å². The van der Waals surface area contributed by atoms with Crippen LogP contribution >= 0.6 is 0 Å². The Morgan fingerprint density at radius 2 is 2.04 bits per heavy atom. The summed E-state index contributed by atoms with van der Waals surface area (Å²) < 4.78 is 5.48. The predicted molar refractivity (Wildman–Crippen MR) is 111 cm³/mol. The van der Waals surface area contributed by atoms with E-state index in [0.29, 0.717) is 13.0 Å². The summed E-state index contributed by atoms with van der Waals surface area (Å²) >= 11 is 0. The Balaban J connectivity index is 1.49. The third kappa shape index (κ3) is 5.88. The number of pyridine rings is 1. The highest BCUT2D eigenvalue weighted by Gasteiger charge is 2.23. The molecule has 1 saturated heterocycles. The van der Waals surface area contributed by atoms with Gasteiger partial charge < -0.3 is 10.1 Å². The van der Waals surface area contributed by atoms with E-state index < -0.39 is 0 Å². The van der Waals surface area contributed by atoms with Crippen LogP contribution in [0.2, 0.25) is 0 Å². The van der Waals surface area contributed by atoms with Gasteiger partial charge in [0.05, 0.1) is 19.3 Å². The number of carbonyl (C=O) groups is 1. The summed E-state index contributed by atoms with van der Waals surface area (Å²) in [7, 11) is 0. The molecule has 28 heavy (non-hydrogen) atoms. The minimum atomic E-state index is 0.117. The molecule has 3 rings (SSSR count). The van der Waals surface area contributed by atoms with Gasteiger partial charge in [0, 0.05) is 38.4 Å². The van der Waals surface area contributed by atoms with Gasteiger partial charge in [-0.05, 0) is 55.0 Å². The average Bonchev–Trinajstić information content (AvgIpc) is 2.72. The van der Waals surface area contributed by atoms with Crippen LogP contribution in [-0.2, 0) is 16.0 Å². The van der Waals surface area contributed by atoms with Crippen molar-refractivity contribution in [2.75, 3.05) is 32.8 Å². The molecule has 1 amide bonds. The van der Waals surface area contributed by atoms with Crippen molar-refractivity contribution in [2.24, 2.45) is 0 Å². The molecule has 1 fully saturated rings. The number of hydrogen-bond donors (Lipinski definition) is 1. The lowest BCUT2D eigenvalue weighted by Gasteiger charge is -2.34. The van der Waals surface area contributed by atoms with Crippen molar-refractivity contribution in [3.63, 3.8) is 0 Å². The van der Waals surface area contributed by atoms with Crippen LogP contribution in [0.15, 0.2) is 42.7 Å². The van der Waals surface area contributed by atoms with E-state index in [9.17, 15) is 4.79 Å². The molecular formula is C23H31N3O2. The molecule has 1 aliphatic heterocycles. The molecule has 0 aliphatic carbocycles. The number of nitrogens with one attached hydrogen (secondary N) is 1. The van der Waals surface area contributed by atoms with Crippen LogP contribution < -0.4 is 5.32 Å². The highest BCUT2D eigenvalue weighted by atomic mass is 16.5. The van der Waals surface area contributed by atoms with E-state index in [-0.39, 0.29) is 11.9 Å². The fraction of sp³-hybridized carbons (Fsp3) is 0.478. The van der Waals surface area contributed by atoms with Crippen molar-refractivity contribution in [1.82, 2.24) is 15.2 Å². The number of rotatable bonds is 8. The number of carbonyl (C=O) groups excluding carboxylic acids is 1. The first-order chi connectivity index (χ1) is 13.6. The second-order valence-electron chi connectivity index (χ2n) is 7.53. The van der Waals surface area contributed by atoms with Crippen molar-refractivity contribution in [3.05, 3.63) is 65.0 Å². The molecule has 2 heterocycles. The van der Waals surface area contributed by atoms with Gasteiger partial charge in [0.1, 0.15) is 0 Å². The number of benzene rings is 1. The van der Waals surface area contributed by atoms with Gasteiger partial charge in [-0.3, -0.25) is 14.7 Å². The van der Waals surface area contributed by atoms with Crippen molar-refractivity contribution >= 4 is 5.91 Å². The van der Waals surface area contributed by atoms with Crippen molar-refractivity contribution < 1.29 is 9.53 Å². The largest absolute Gasteiger partial charge is 0.379 e. The van der Waals surface area contributed by atoms with Crippen molar-refractivity contribution in [2.45, 2.75) is 39.2 Å². The van der Waals surface area contributed by atoms with Crippen molar-refractivity contribution in [3.8, 4) is 0 Å². The smallest absolute Gasteiger partial charge is 0.220 e. The van der Waals surface area contributed by atoms with Gasteiger partial charge in [0.25, 0.3) is 0 Å². The molecule has 0 spiro atoms. The molecule has 1 aliphatic rings. The summed E-state index contributed by atoms with van der Waals surface area (Å²) in [6.45, 7) is 8.09. The van der Waals surface area contributed by atoms with E-state index in [0.717, 1.165) is 44.7 Å². The number of hydrogen-bond acceptors (Lipinski definition) is 4. The molecular weight excluding hydrogens is 350 g/mol. The summed E-state index contributed by atoms with van der Waals surface area (Å²) in [5.74, 6) is 0.117. The quantitative estimate of drug-likeness (QED) is 0.763. The normalized spacial score (nSPS) is 15.9. The van der Waals surface area contributed by atoms with Gasteiger partial charge in [0.15, 0.2) is 0 Å². The maximum Gasteiger partial charge on any atom is 0.220 e. The maximum absolute atomic E-state index is 12.4. The van der Waals surface area contributed by atoms with Gasteiger partial charge in [-0.25, -0.2) is 0 Å². The van der Waals surface area contributed by atoms with E-state index in [1.54, 1.807) is 6.20 Å². The zero-order valence-electron chi connectivity index (χ0n) is 17.0. The molecule has 5 heteroatoms. The summed E-state index contributed by atoms with van der Waals surface area (Å²) in [6.07, 6.45) is 6.03. The number of amides is 1. The van der Waals surface area contributed by atoms with Gasteiger partial charge in [-0.15, -0.1) is 0 Å². The summed E-state index contributed by atoms with van der Waals surface area (Å²) in [5.41, 5.74) is 5.06. The lowest BCUT2D eigenvalue weighted by Crippen LogP contribution is -2.43. The van der Waals surface area contributed by atoms with Crippen LogP contribution in [0.3, 0.4) is 0 Å². The Bertz CT molecular complexity index is 758. The summed E-state index contributed by atoms with van der Waals surface area (Å²) in [6, 6.07) is 10.7. The van der Waals surface area contributed by atoms with E-state index in [1.165, 1.54) is 16.7 Å². The van der Waals surface area contributed by atoms with Crippen molar-refractivity contribution in [1.29, 1.82) is 0 Å². The molecule has 1 N–H and O–H groups in total. The zero-order chi connectivity index (χ0) is 19.8. The van der Waals surface area contributed by atoms with Gasteiger partial charge in [0.2, 0.25) is 5.91 Å². The van der Waals surface area contributed by atoms with E-state index in [2.05, 4.69) is 53.3 Å². The molecule has 2 aromatic rings. The van der Waals surface area contributed by atoms with Crippen LogP contribution in [0.5, 0.6) is 0 Å². The first kappa shape index (κ1) is 20.5. The Hall–Kier alpha value is -2.24.